The van der Waals surface area contributed by atoms with Gasteiger partial charge in [0.15, 0.2) is 17.6 Å². The molecule has 0 bridgehead atoms. The molecule has 5 nitrogen and oxygen atoms in total. The average Bonchev–Trinajstić information content (AvgIpc) is 2.73. The largest absolute Gasteiger partial charge is 0.493 e. The molecule has 3 rings (SSSR count). The molecule has 0 radical (unpaired) electrons. The van der Waals surface area contributed by atoms with Crippen LogP contribution in [0.1, 0.15) is 31.7 Å². The van der Waals surface area contributed by atoms with Gasteiger partial charge in [-0.25, -0.2) is 0 Å². The fraction of sp³-hybridized carbons (Fsp3) is 0.409. The number of anilines is 1. The van der Waals surface area contributed by atoms with E-state index in [1.165, 1.54) is 24.9 Å². The van der Waals surface area contributed by atoms with Gasteiger partial charge in [-0.1, -0.05) is 24.3 Å². The lowest BCUT2D eigenvalue weighted by Crippen LogP contribution is -2.36. The monoisotopic (exact) mass is 368 g/mol. The van der Waals surface area contributed by atoms with Crippen LogP contribution in [0.25, 0.3) is 0 Å². The molecule has 1 aliphatic heterocycles. The first-order valence-electron chi connectivity index (χ1n) is 9.58. The third-order valence-electron chi connectivity index (χ3n) is 4.87. The second-order valence-corrected chi connectivity index (χ2v) is 6.84. The minimum Gasteiger partial charge on any atom is -0.493 e. The standard InChI is InChI=1S/C22H28N2O3/c1-17(27-21-9-5-4-8-20(21)26-2)22(25)23-16-18-10-12-19(13-11-18)24-14-6-3-7-15-24/h4-5,8-13,17H,3,6-7,14-16H2,1-2H3,(H,23,25)/t17-/m0/s1. The van der Waals surface area contributed by atoms with Crippen molar-refractivity contribution in [3.05, 3.63) is 54.1 Å². The van der Waals surface area contributed by atoms with Gasteiger partial charge in [0.2, 0.25) is 0 Å². The van der Waals surface area contributed by atoms with Crippen molar-refractivity contribution in [3.8, 4) is 11.5 Å². The number of rotatable bonds is 7. The molecular weight excluding hydrogens is 340 g/mol. The van der Waals surface area contributed by atoms with E-state index in [2.05, 4.69) is 34.5 Å². The molecule has 0 saturated carbocycles. The summed E-state index contributed by atoms with van der Waals surface area (Å²) in [5, 5.41) is 2.94. The number of amides is 1. The molecule has 1 N–H and O–H groups in total. The Kier molecular flexibility index (Phi) is 6.58. The minimum absolute atomic E-state index is 0.152. The lowest BCUT2D eigenvalue weighted by molar-refractivity contribution is -0.127. The van der Waals surface area contributed by atoms with Crippen LogP contribution >= 0.6 is 0 Å². The van der Waals surface area contributed by atoms with Crippen LogP contribution in [0.2, 0.25) is 0 Å². The lowest BCUT2D eigenvalue weighted by Gasteiger charge is -2.28. The predicted octanol–water partition coefficient (Wildman–Crippen LogP) is 3.77. The maximum absolute atomic E-state index is 12.3. The SMILES string of the molecule is COc1ccccc1O[C@@H](C)C(=O)NCc1ccc(N2CCCCC2)cc1. The Morgan fingerprint density at radius 1 is 1.04 bits per heavy atom. The van der Waals surface area contributed by atoms with Crippen LogP contribution in [0.4, 0.5) is 5.69 Å². The number of methoxy groups -OCH3 is 1. The van der Waals surface area contributed by atoms with E-state index in [-0.39, 0.29) is 5.91 Å². The average molecular weight is 368 g/mol. The molecule has 0 unspecified atom stereocenters. The molecule has 1 saturated heterocycles. The molecule has 144 valence electrons. The fourth-order valence-corrected chi connectivity index (χ4v) is 3.27. The highest BCUT2D eigenvalue weighted by molar-refractivity contribution is 5.80. The van der Waals surface area contributed by atoms with Crippen LogP contribution in [-0.4, -0.2) is 32.2 Å². The van der Waals surface area contributed by atoms with E-state index in [9.17, 15) is 4.79 Å². The Balaban J connectivity index is 1.50. The maximum Gasteiger partial charge on any atom is 0.261 e. The van der Waals surface area contributed by atoms with E-state index in [1.54, 1.807) is 20.1 Å². The molecule has 1 aliphatic rings. The molecule has 2 aromatic carbocycles. The number of hydrogen-bond acceptors (Lipinski definition) is 4. The van der Waals surface area contributed by atoms with E-state index < -0.39 is 6.10 Å². The summed E-state index contributed by atoms with van der Waals surface area (Å²) in [4.78, 5) is 14.8. The number of piperidine rings is 1. The zero-order chi connectivity index (χ0) is 19.1. The summed E-state index contributed by atoms with van der Waals surface area (Å²) in [5.74, 6) is 1.03. The maximum atomic E-state index is 12.3. The molecule has 1 fully saturated rings. The zero-order valence-electron chi connectivity index (χ0n) is 16.1. The molecule has 1 atom stereocenters. The highest BCUT2D eigenvalue weighted by Gasteiger charge is 2.16. The summed E-state index contributed by atoms with van der Waals surface area (Å²) < 4.78 is 11.0. The molecule has 0 spiro atoms. The first kappa shape index (κ1) is 19.1. The number of nitrogens with one attached hydrogen (secondary N) is 1. The number of hydrogen-bond donors (Lipinski definition) is 1. The van der Waals surface area contributed by atoms with Crippen molar-refractivity contribution in [2.24, 2.45) is 0 Å². The molecule has 0 aromatic heterocycles. The molecule has 1 amide bonds. The molecule has 5 heteroatoms. The van der Waals surface area contributed by atoms with Crippen molar-refractivity contribution in [2.45, 2.75) is 38.8 Å². The van der Waals surface area contributed by atoms with Crippen LogP contribution in [0.15, 0.2) is 48.5 Å². The van der Waals surface area contributed by atoms with Crippen molar-refractivity contribution in [3.63, 3.8) is 0 Å². The van der Waals surface area contributed by atoms with Crippen molar-refractivity contribution in [1.82, 2.24) is 5.32 Å². The van der Waals surface area contributed by atoms with Crippen LogP contribution in [0, 0.1) is 0 Å². The number of carbonyl (C=O) groups is 1. The van der Waals surface area contributed by atoms with Gasteiger partial charge < -0.3 is 19.7 Å². The van der Waals surface area contributed by atoms with Gasteiger partial charge in [-0.05, 0) is 56.0 Å². The van der Waals surface area contributed by atoms with Gasteiger partial charge in [-0.3, -0.25) is 4.79 Å². The third-order valence-corrected chi connectivity index (χ3v) is 4.87. The first-order valence-corrected chi connectivity index (χ1v) is 9.58. The third kappa shape index (κ3) is 5.16. The molecule has 27 heavy (non-hydrogen) atoms. The Morgan fingerprint density at radius 2 is 1.70 bits per heavy atom. The molecule has 0 aliphatic carbocycles. The van der Waals surface area contributed by atoms with E-state index in [0.29, 0.717) is 18.0 Å². The summed E-state index contributed by atoms with van der Waals surface area (Å²) in [6.07, 6.45) is 3.26. The van der Waals surface area contributed by atoms with Gasteiger partial charge in [-0.15, -0.1) is 0 Å². The highest BCUT2D eigenvalue weighted by Crippen LogP contribution is 2.26. The summed E-state index contributed by atoms with van der Waals surface area (Å²) in [5.41, 5.74) is 2.34. The Labute approximate surface area is 161 Å². The van der Waals surface area contributed by atoms with Crippen molar-refractivity contribution >= 4 is 11.6 Å². The van der Waals surface area contributed by atoms with Gasteiger partial charge in [-0.2, -0.15) is 0 Å². The zero-order valence-corrected chi connectivity index (χ0v) is 16.1. The van der Waals surface area contributed by atoms with E-state index in [1.807, 2.05) is 18.2 Å². The number of benzene rings is 2. The predicted molar refractivity (Wildman–Crippen MR) is 107 cm³/mol. The summed E-state index contributed by atoms with van der Waals surface area (Å²) in [7, 11) is 1.58. The normalized spacial score (nSPS) is 15.1. The summed E-state index contributed by atoms with van der Waals surface area (Å²) >= 11 is 0. The van der Waals surface area contributed by atoms with E-state index in [0.717, 1.165) is 18.7 Å². The number of carbonyl (C=O) groups excluding carboxylic acids is 1. The van der Waals surface area contributed by atoms with Crippen LogP contribution < -0.4 is 19.7 Å². The van der Waals surface area contributed by atoms with Gasteiger partial charge in [0.1, 0.15) is 0 Å². The smallest absolute Gasteiger partial charge is 0.261 e. The molecule has 2 aromatic rings. The quantitative estimate of drug-likeness (QED) is 0.808. The second kappa shape index (κ2) is 9.31. The first-order chi connectivity index (χ1) is 13.2. The Hall–Kier alpha value is -2.69. The summed E-state index contributed by atoms with van der Waals surface area (Å²) in [6, 6.07) is 15.8. The number of ether oxygens (including phenoxy) is 2. The number of para-hydroxylation sites is 2. The van der Waals surface area contributed by atoms with Gasteiger partial charge in [0.25, 0.3) is 5.91 Å². The minimum atomic E-state index is -0.603. The van der Waals surface area contributed by atoms with Gasteiger partial charge in [0, 0.05) is 25.3 Å². The lowest BCUT2D eigenvalue weighted by atomic mass is 10.1. The number of nitrogens with zero attached hydrogens (tertiary/aromatic N) is 1. The highest BCUT2D eigenvalue weighted by atomic mass is 16.5. The topological polar surface area (TPSA) is 50.8 Å². The van der Waals surface area contributed by atoms with Crippen molar-refractivity contribution < 1.29 is 14.3 Å². The van der Waals surface area contributed by atoms with Crippen LogP contribution in [0.3, 0.4) is 0 Å². The molecular formula is C22H28N2O3. The fourth-order valence-electron chi connectivity index (χ4n) is 3.27. The van der Waals surface area contributed by atoms with Crippen molar-refractivity contribution in [1.29, 1.82) is 0 Å². The Morgan fingerprint density at radius 3 is 2.37 bits per heavy atom. The van der Waals surface area contributed by atoms with Crippen molar-refractivity contribution in [2.75, 3.05) is 25.1 Å². The Bertz CT molecular complexity index is 739. The van der Waals surface area contributed by atoms with E-state index >= 15 is 0 Å². The van der Waals surface area contributed by atoms with Gasteiger partial charge >= 0.3 is 0 Å². The molecule has 1 heterocycles. The van der Waals surface area contributed by atoms with E-state index in [4.69, 9.17) is 9.47 Å². The van der Waals surface area contributed by atoms with Crippen LogP contribution in [-0.2, 0) is 11.3 Å². The van der Waals surface area contributed by atoms with Gasteiger partial charge in [0.05, 0.1) is 7.11 Å². The van der Waals surface area contributed by atoms with Crippen LogP contribution in [0.5, 0.6) is 11.5 Å². The summed E-state index contributed by atoms with van der Waals surface area (Å²) in [6.45, 7) is 4.49. The second-order valence-electron chi connectivity index (χ2n) is 6.84.